The first kappa shape index (κ1) is 14.4. The number of nitrogens with one attached hydrogen (secondary N) is 1. The van der Waals surface area contributed by atoms with E-state index in [9.17, 15) is 0 Å². The lowest BCUT2D eigenvalue weighted by molar-refractivity contribution is 0.772. The van der Waals surface area contributed by atoms with Crippen molar-refractivity contribution in [3.8, 4) is 0 Å². The van der Waals surface area contributed by atoms with Crippen LogP contribution < -0.4 is 5.32 Å². The van der Waals surface area contributed by atoms with Crippen molar-refractivity contribution in [3.05, 3.63) is 49.6 Å². The molecule has 0 saturated heterocycles. The first-order valence-corrected chi connectivity index (χ1v) is 4.48. The standard InChI is InChI=1S/C8H10.C4H11N/c1-4-7-8(5-2)6-3;1-3-4-5-2/h4-7H,1-3H2;5H,3-4H2,1-2H3. The molecule has 0 radical (unpaired) electrons. The van der Waals surface area contributed by atoms with E-state index < -0.39 is 0 Å². The maximum atomic E-state index is 3.56. The first-order valence-electron chi connectivity index (χ1n) is 4.48. The molecule has 13 heavy (non-hydrogen) atoms. The molecule has 0 heterocycles. The smallest absolute Gasteiger partial charge is 0.00546 e. The van der Waals surface area contributed by atoms with Crippen LogP contribution >= 0.6 is 0 Å². The van der Waals surface area contributed by atoms with Gasteiger partial charge in [0.25, 0.3) is 0 Å². The Morgan fingerprint density at radius 1 is 1.23 bits per heavy atom. The van der Waals surface area contributed by atoms with E-state index in [4.69, 9.17) is 0 Å². The molecule has 0 aliphatic heterocycles. The zero-order chi connectivity index (χ0) is 10.5. The Morgan fingerprint density at radius 3 is 1.85 bits per heavy atom. The molecule has 0 spiro atoms. The third kappa shape index (κ3) is 13.9. The van der Waals surface area contributed by atoms with E-state index in [-0.39, 0.29) is 0 Å². The van der Waals surface area contributed by atoms with Gasteiger partial charge in [-0.15, -0.1) is 0 Å². The average molecular weight is 179 g/mol. The second-order valence-electron chi connectivity index (χ2n) is 2.41. The van der Waals surface area contributed by atoms with E-state index in [1.807, 2.05) is 13.1 Å². The van der Waals surface area contributed by atoms with Crippen molar-refractivity contribution >= 4 is 0 Å². The molecule has 0 aromatic rings. The highest BCUT2D eigenvalue weighted by Crippen LogP contribution is 1.94. The molecule has 1 N–H and O–H groups in total. The molecule has 0 fully saturated rings. The minimum absolute atomic E-state index is 1.00. The summed E-state index contributed by atoms with van der Waals surface area (Å²) in [5, 5.41) is 3.02. The Bertz CT molecular complexity index is 154. The quantitative estimate of drug-likeness (QED) is 0.639. The summed E-state index contributed by atoms with van der Waals surface area (Å²) in [4.78, 5) is 0. The molecule has 1 heteroatoms. The van der Waals surface area contributed by atoms with Crippen molar-refractivity contribution in [2.75, 3.05) is 13.6 Å². The molecule has 0 saturated carbocycles. The normalized spacial score (nSPS) is 7.54. The average Bonchev–Trinajstić information content (AvgIpc) is 2.16. The van der Waals surface area contributed by atoms with Crippen LogP contribution in [0.1, 0.15) is 13.3 Å². The molecule has 0 aliphatic rings. The van der Waals surface area contributed by atoms with Gasteiger partial charge in [-0.1, -0.05) is 51.0 Å². The van der Waals surface area contributed by atoms with Gasteiger partial charge in [-0.25, -0.2) is 0 Å². The molecule has 0 aromatic carbocycles. The molecule has 0 bridgehead atoms. The van der Waals surface area contributed by atoms with Gasteiger partial charge in [0.2, 0.25) is 0 Å². The molecular weight excluding hydrogens is 158 g/mol. The minimum atomic E-state index is 1.00. The van der Waals surface area contributed by atoms with E-state index in [1.54, 1.807) is 18.2 Å². The fourth-order valence-corrected chi connectivity index (χ4v) is 0.605. The fourth-order valence-electron chi connectivity index (χ4n) is 0.605. The SMILES string of the molecule is C=CC=C(C=C)C=C.CCCNC. The maximum Gasteiger partial charge on any atom is -0.00546 e. The molecule has 0 atom stereocenters. The monoisotopic (exact) mass is 179 g/mol. The lowest BCUT2D eigenvalue weighted by Gasteiger charge is -1.84. The Balaban J connectivity index is 0. The van der Waals surface area contributed by atoms with Gasteiger partial charge in [0.1, 0.15) is 0 Å². The fraction of sp³-hybridized carbons (Fsp3) is 0.333. The van der Waals surface area contributed by atoms with Gasteiger partial charge < -0.3 is 5.32 Å². The molecule has 1 nitrogen and oxygen atoms in total. The summed E-state index contributed by atoms with van der Waals surface area (Å²) in [6.07, 6.45) is 8.25. The highest BCUT2D eigenvalue weighted by Gasteiger charge is 1.73. The minimum Gasteiger partial charge on any atom is -0.320 e. The third-order valence-electron chi connectivity index (χ3n) is 1.28. The van der Waals surface area contributed by atoms with Gasteiger partial charge in [0.05, 0.1) is 0 Å². The van der Waals surface area contributed by atoms with Crippen LogP contribution in [0.5, 0.6) is 0 Å². The summed E-state index contributed by atoms with van der Waals surface area (Å²) >= 11 is 0. The summed E-state index contributed by atoms with van der Waals surface area (Å²) in [5.41, 5.74) is 1.00. The Kier molecular flexibility index (Phi) is 15.0. The van der Waals surface area contributed by atoms with Gasteiger partial charge in [-0.3, -0.25) is 0 Å². The number of hydrogen-bond acceptors (Lipinski definition) is 1. The van der Waals surface area contributed by atoms with Gasteiger partial charge >= 0.3 is 0 Å². The zero-order valence-corrected chi connectivity index (χ0v) is 8.84. The van der Waals surface area contributed by atoms with E-state index in [0.717, 1.165) is 12.1 Å². The van der Waals surface area contributed by atoms with Crippen LogP contribution in [-0.4, -0.2) is 13.6 Å². The third-order valence-corrected chi connectivity index (χ3v) is 1.28. The molecule has 0 amide bonds. The lowest BCUT2D eigenvalue weighted by atomic mass is 10.2. The highest BCUT2D eigenvalue weighted by molar-refractivity contribution is 5.30. The topological polar surface area (TPSA) is 12.0 Å². The summed E-state index contributed by atoms with van der Waals surface area (Å²) < 4.78 is 0. The molecular formula is C12H21N. The van der Waals surface area contributed by atoms with Crippen molar-refractivity contribution < 1.29 is 0 Å². The molecule has 74 valence electrons. The van der Waals surface area contributed by atoms with Crippen molar-refractivity contribution in [1.29, 1.82) is 0 Å². The highest BCUT2D eigenvalue weighted by atomic mass is 14.8. The molecule has 0 aliphatic carbocycles. The molecule has 0 aromatic heterocycles. The summed E-state index contributed by atoms with van der Waals surface area (Å²) in [6.45, 7) is 13.9. The van der Waals surface area contributed by atoms with Gasteiger partial charge in [-0.2, -0.15) is 0 Å². The molecule has 0 unspecified atom stereocenters. The summed E-state index contributed by atoms with van der Waals surface area (Å²) in [7, 11) is 1.96. The largest absolute Gasteiger partial charge is 0.320 e. The molecule has 0 rings (SSSR count). The van der Waals surface area contributed by atoms with Crippen LogP contribution in [0.2, 0.25) is 0 Å². The Hall–Kier alpha value is -1.08. The van der Waals surface area contributed by atoms with Crippen LogP contribution in [0.15, 0.2) is 49.6 Å². The zero-order valence-electron chi connectivity index (χ0n) is 8.84. The van der Waals surface area contributed by atoms with Crippen molar-refractivity contribution in [2.24, 2.45) is 0 Å². The summed E-state index contributed by atoms with van der Waals surface area (Å²) in [6, 6.07) is 0. The first-order chi connectivity index (χ1) is 6.26. The van der Waals surface area contributed by atoms with E-state index >= 15 is 0 Å². The van der Waals surface area contributed by atoms with E-state index in [0.29, 0.717) is 0 Å². The van der Waals surface area contributed by atoms with Gasteiger partial charge in [0.15, 0.2) is 0 Å². The predicted octanol–water partition coefficient (Wildman–Crippen LogP) is 3.09. The maximum absolute atomic E-state index is 3.56. The van der Waals surface area contributed by atoms with Gasteiger partial charge in [0, 0.05) is 0 Å². The van der Waals surface area contributed by atoms with Crippen LogP contribution in [0, 0.1) is 0 Å². The second kappa shape index (κ2) is 13.5. The Morgan fingerprint density at radius 2 is 1.77 bits per heavy atom. The predicted molar refractivity (Wildman–Crippen MR) is 62.9 cm³/mol. The Labute approximate surface area is 82.6 Å². The van der Waals surface area contributed by atoms with Crippen LogP contribution in [0.25, 0.3) is 0 Å². The lowest BCUT2D eigenvalue weighted by Crippen LogP contribution is -2.04. The van der Waals surface area contributed by atoms with Crippen LogP contribution in [0.3, 0.4) is 0 Å². The number of rotatable bonds is 5. The second-order valence-corrected chi connectivity index (χ2v) is 2.41. The van der Waals surface area contributed by atoms with Crippen LogP contribution in [0.4, 0.5) is 0 Å². The van der Waals surface area contributed by atoms with E-state index in [1.165, 1.54) is 6.42 Å². The summed E-state index contributed by atoms with van der Waals surface area (Å²) in [5.74, 6) is 0. The van der Waals surface area contributed by atoms with Crippen molar-refractivity contribution in [3.63, 3.8) is 0 Å². The number of hydrogen-bond donors (Lipinski definition) is 1. The number of allylic oxidation sites excluding steroid dienone is 5. The van der Waals surface area contributed by atoms with E-state index in [2.05, 4.69) is 32.0 Å². The van der Waals surface area contributed by atoms with Crippen molar-refractivity contribution in [1.82, 2.24) is 5.32 Å². The van der Waals surface area contributed by atoms with Crippen LogP contribution in [-0.2, 0) is 0 Å². The van der Waals surface area contributed by atoms with Gasteiger partial charge in [-0.05, 0) is 25.6 Å². The van der Waals surface area contributed by atoms with Crippen molar-refractivity contribution in [2.45, 2.75) is 13.3 Å².